The SMILES string of the molecule is C[CH]NC(=O)c1ccccc1N. The Morgan fingerprint density at radius 3 is 2.75 bits per heavy atom. The molecule has 1 radical (unpaired) electrons. The van der Waals surface area contributed by atoms with Crippen LogP contribution in [0.1, 0.15) is 17.3 Å². The summed E-state index contributed by atoms with van der Waals surface area (Å²) in [5, 5.41) is 2.56. The van der Waals surface area contributed by atoms with E-state index in [1.165, 1.54) is 0 Å². The number of amides is 1. The first-order valence-corrected chi connectivity index (χ1v) is 3.69. The van der Waals surface area contributed by atoms with Gasteiger partial charge < -0.3 is 11.1 Å². The lowest BCUT2D eigenvalue weighted by Gasteiger charge is -2.03. The molecule has 0 fully saturated rings. The third-order valence-electron chi connectivity index (χ3n) is 1.48. The van der Waals surface area contributed by atoms with E-state index in [0.717, 1.165) is 0 Å². The molecular weight excluding hydrogens is 152 g/mol. The van der Waals surface area contributed by atoms with E-state index in [1.807, 2.05) is 0 Å². The van der Waals surface area contributed by atoms with Crippen molar-refractivity contribution in [3.8, 4) is 0 Å². The van der Waals surface area contributed by atoms with Crippen molar-refractivity contribution in [1.82, 2.24) is 5.32 Å². The second-order valence-electron chi connectivity index (χ2n) is 2.35. The van der Waals surface area contributed by atoms with E-state index in [-0.39, 0.29) is 5.91 Å². The van der Waals surface area contributed by atoms with Crippen molar-refractivity contribution in [2.45, 2.75) is 6.92 Å². The summed E-state index contributed by atoms with van der Waals surface area (Å²) in [4.78, 5) is 11.2. The van der Waals surface area contributed by atoms with Crippen molar-refractivity contribution in [3.63, 3.8) is 0 Å². The van der Waals surface area contributed by atoms with Gasteiger partial charge in [-0.1, -0.05) is 12.1 Å². The Bertz CT molecular complexity index is 284. The predicted octanol–water partition coefficient (Wildman–Crippen LogP) is 1.18. The van der Waals surface area contributed by atoms with Crippen molar-refractivity contribution in [2.24, 2.45) is 0 Å². The first-order chi connectivity index (χ1) is 5.75. The van der Waals surface area contributed by atoms with Gasteiger partial charge in [0, 0.05) is 12.2 Å². The predicted molar refractivity (Wildman–Crippen MR) is 48.3 cm³/mol. The van der Waals surface area contributed by atoms with E-state index in [2.05, 4.69) is 5.32 Å². The van der Waals surface area contributed by atoms with Crippen LogP contribution in [0.2, 0.25) is 0 Å². The van der Waals surface area contributed by atoms with E-state index >= 15 is 0 Å². The first-order valence-electron chi connectivity index (χ1n) is 3.69. The summed E-state index contributed by atoms with van der Waals surface area (Å²) in [6.45, 7) is 3.33. The summed E-state index contributed by atoms with van der Waals surface area (Å²) in [7, 11) is 0. The average Bonchev–Trinajstić information content (AvgIpc) is 2.05. The molecule has 1 amide bonds. The van der Waals surface area contributed by atoms with Crippen LogP contribution in [0.4, 0.5) is 5.69 Å². The van der Waals surface area contributed by atoms with E-state index < -0.39 is 0 Å². The molecule has 3 heteroatoms. The van der Waals surface area contributed by atoms with E-state index in [0.29, 0.717) is 11.3 Å². The van der Waals surface area contributed by atoms with Crippen molar-refractivity contribution in [1.29, 1.82) is 0 Å². The van der Waals surface area contributed by atoms with E-state index in [1.54, 1.807) is 37.7 Å². The number of hydrogen-bond acceptors (Lipinski definition) is 2. The summed E-state index contributed by atoms with van der Waals surface area (Å²) in [6, 6.07) is 6.96. The van der Waals surface area contributed by atoms with Crippen molar-refractivity contribution >= 4 is 11.6 Å². The van der Waals surface area contributed by atoms with Crippen LogP contribution in [0.5, 0.6) is 0 Å². The number of benzene rings is 1. The summed E-state index contributed by atoms with van der Waals surface area (Å²) in [5.41, 5.74) is 6.58. The number of nitrogen functional groups attached to an aromatic ring is 1. The van der Waals surface area contributed by atoms with Gasteiger partial charge >= 0.3 is 0 Å². The van der Waals surface area contributed by atoms with Crippen LogP contribution < -0.4 is 11.1 Å². The number of carbonyl (C=O) groups excluding carboxylic acids is 1. The van der Waals surface area contributed by atoms with Crippen LogP contribution in [-0.2, 0) is 0 Å². The zero-order valence-electron chi connectivity index (χ0n) is 6.87. The summed E-state index contributed by atoms with van der Waals surface area (Å²) < 4.78 is 0. The molecule has 0 aliphatic rings. The largest absolute Gasteiger partial charge is 0.398 e. The molecule has 12 heavy (non-hydrogen) atoms. The van der Waals surface area contributed by atoms with Gasteiger partial charge in [-0.2, -0.15) is 0 Å². The van der Waals surface area contributed by atoms with Crippen LogP contribution in [0, 0.1) is 6.54 Å². The highest BCUT2D eigenvalue weighted by atomic mass is 16.1. The highest BCUT2D eigenvalue weighted by Gasteiger charge is 2.05. The number of anilines is 1. The maximum Gasteiger partial charge on any atom is 0.253 e. The normalized spacial score (nSPS) is 9.42. The monoisotopic (exact) mass is 163 g/mol. The summed E-state index contributed by atoms with van der Waals surface area (Å²) >= 11 is 0. The fourth-order valence-corrected chi connectivity index (χ4v) is 0.913. The maximum atomic E-state index is 11.2. The third-order valence-corrected chi connectivity index (χ3v) is 1.48. The van der Waals surface area contributed by atoms with Gasteiger partial charge in [0.05, 0.1) is 5.56 Å². The number of hydrogen-bond donors (Lipinski definition) is 2. The van der Waals surface area contributed by atoms with Crippen molar-refractivity contribution in [2.75, 3.05) is 5.73 Å². The Morgan fingerprint density at radius 1 is 1.50 bits per heavy atom. The Labute approximate surface area is 71.6 Å². The van der Waals surface area contributed by atoms with Crippen LogP contribution >= 0.6 is 0 Å². The second-order valence-corrected chi connectivity index (χ2v) is 2.35. The van der Waals surface area contributed by atoms with Gasteiger partial charge in [-0.3, -0.25) is 4.79 Å². The van der Waals surface area contributed by atoms with Crippen molar-refractivity contribution < 1.29 is 4.79 Å². The number of nitrogens with one attached hydrogen (secondary N) is 1. The van der Waals surface area contributed by atoms with E-state index in [9.17, 15) is 4.79 Å². The molecule has 1 rings (SSSR count). The lowest BCUT2D eigenvalue weighted by atomic mass is 10.2. The van der Waals surface area contributed by atoms with Crippen LogP contribution in [0.15, 0.2) is 24.3 Å². The molecule has 0 saturated carbocycles. The van der Waals surface area contributed by atoms with Gasteiger partial charge in [0.25, 0.3) is 5.91 Å². The minimum atomic E-state index is -0.171. The molecule has 0 bridgehead atoms. The molecule has 0 atom stereocenters. The third kappa shape index (κ3) is 1.75. The molecule has 1 aromatic carbocycles. The fraction of sp³-hybridized carbons (Fsp3) is 0.111. The first kappa shape index (κ1) is 8.59. The molecule has 0 aliphatic heterocycles. The Morgan fingerprint density at radius 2 is 2.17 bits per heavy atom. The molecule has 0 unspecified atom stereocenters. The zero-order valence-corrected chi connectivity index (χ0v) is 6.87. The summed E-state index contributed by atoms with van der Waals surface area (Å²) in [6.07, 6.45) is 0. The van der Waals surface area contributed by atoms with Gasteiger partial charge in [0.1, 0.15) is 0 Å². The maximum absolute atomic E-state index is 11.2. The standard InChI is InChI=1S/C9H11N2O/c1-2-11-9(12)7-5-3-4-6-8(7)10/h2-6H,10H2,1H3,(H,11,12). The molecular formula is C9H11N2O. The Hall–Kier alpha value is -1.51. The number of nitrogens with two attached hydrogens (primary N) is 1. The molecule has 0 aliphatic carbocycles. The minimum Gasteiger partial charge on any atom is -0.398 e. The number of rotatable bonds is 2. The Balaban J connectivity index is 2.87. The zero-order chi connectivity index (χ0) is 8.97. The topological polar surface area (TPSA) is 55.1 Å². The highest BCUT2D eigenvalue weighted by molar-refractivity contribution is 5.99. The smallest absolute Gasteiger partial charge is 0.253 e. The highest BCUT2D eigenvalue weighted by Crippen LogP contribution is 2.09. The van der Waals surface area contributed by atoms with Crippen molar-refractivity contribution in [3.05, 3.63) is 36.4 Å². The number of para-hydroxylation sites is 1. The molecule has 0 aromatic heterocycles. The molecule has 3 N–H and O–H groups in total. The van der Waals surface area contributed by atoms with E-state index in [4.69, 9.17) is 5.73 Å². The van der Waals surface area contributed by atoms with Gasteiger partial charge in [-0.25, -0.2) is 0 Å². The lowest BCUT2D eigenvalue weighted by molar-refractivity contribution is 0.0965. The van der Waals surface area contributed by atoms with Gasteiger partial charge in [-0.15, -0.1) is 0 Å². The molecule has 63 valence electrons. The fourth-order valence-electron chi connectivity index (χ4n) is 0.913. The lowest BCUT2D eigenvalue weighted by Crippen LogP contribution is -2.20. The van der Waals surface area contributed by atoms with Gasteiger partial charge in [0.15, 0.2) is 0 Å². The van der Waals surface area contributed by atoms with Gasteiger partial charge in [-0.05, 0) is 19.1 Å². The quantitative estimate of drug-likeness (QED) is 0.643. The molecule has 1 aromatic rings. The van der Waals surface area contributed by atoms with Crippen LogP contribution in [0.25, 0.3) is 0 Å². The Kier molecular flexibility index (Phi) is 2.69. The second kappa shape index (κ2) is 3.76. The molecule has 0 spiro atoms. The van der Waals surface area contributed by atoms with Crippen LogP contribution in [0.3, 0.4) is 0 Å². The number of carbonyl (C=O) groups is 1. The van der Waals surface area contributed by atoms with Gasteiger partial charge in [0.2, 0.25) is 0 Å². The summed E-state index contributed by atoms with van der Waals surface area (Å²) in [5.74, 6) is -0.171. The van der Waals surface area contributed by atoms with Crippen LogP contribution in [-0.4, -0.2) is 5.91 Å². The minimum absolute atomic E-state index is 0.171. The average molecular weight is 163 g/mol. The molecule has 0 saturated heterocycles. The molecule has 3 nitrogen and oxygen atoms in total. The molecule has 0 heterocycles.